The van der Waals surface area contributed by atoms with E-state index in [0.717, 1.165) is 12.8 Å². The van der Waals surface area contributed by atoms with Gasteiger partial charge >= 0.3 is 0 Å². The molecule has 2 atom stereocenters. The van der Waals surface area contributed by atoms with Crippen molar-refractivity contribution in [3.63, 3.8) is 0 Å². The van der Waals surface area contributed by atoms with E-state index in [1.165, 1.54) is 19.2 Å². The lowest BCUT2D eigenvalue weighted by atomic mass is 9.87. The average molecular weight is 356 g/mol. The maximum Gasteiger partial charge on any atom is 0.256 e. The van der Waals surface area contributed by atoms with Crippen LogP contribution in [0.2, 0.25) is 0 Å². The standard InChI is InChI=1S/C18H26F2N2O3/c1-21(2)14-8-9-22(11-12(14)5-4-10-23)18(24)13-6-7-15(25-3)17(20)16(13)19/h6-7,12,14,23H,4-5,8-11H2,1-3H3/t12-,14+/m0/s1. The number of piperidine rings is 1. The van der Waals surface area contributed by atoms with E-state index in [0.29, 0.717) is 25.6 Å². The fourth-order valence-electron chi connectivity index (χ4n) is 3.55. The van der Waals surface area contributed by atoms with E-state index in [1.54, 1.807) is 4.90 Å². The Kier molecular flexibility index (Phi) is 6.72. The largest absolute Gasteiger partial charge is 0.494 e. The second-order valence-electron chi connectivity index (χ2n) is 6.64. The first kappa shape index (κ1) is 19.6. The first-order valence-electron chi connectivity index (χ1n) is 8.49. The lowest BCUT2D eigenvalue weighted by molar-refractivity contribution is 0.0491. The molecule has 0 aromatic heterocycles. The van der Waals surface area contributed by atoms with Crippen LogP contribution in [0.5, 0.6) is 5.75 Å². The number of hydrogen-bond donors (Lipinski definition) is 1. The average Bonchev–Trinajstić information content (AvgIpc) is 2.61. The van der Waals surface area contributed by atoms with Crippen LogP contribution in [-0.2, 0) is 0 Å². The fraction of sp³-hybridized carbons (Fsp3) is 0.611. The van der Waals surface area contributed by atoms with Gasteiger partial charge < -0.3 is 19.6 Å². The molecule has 0 unspecified atom stereocenters. The smallest absolute Gasteiger partial charge is 0.256 e. The lowest BCUT2D eigenvalue weighted by Gasteiger charge is -2.41. The lowest BCUT2D eigenvalue weighted by Crippen LogP contribution is -2.50. The van der Waals surface area contributed by atoms with Crippen molar-refractivity contribution in [3.05, 3.63) is 29.3 Å². The van der Waals surface area contributed by atoms with E-state index in [2.05, 4.69) is 4.90 Å². The first-order chi connectivity index (χ1) is 11.9. The number of carbonyl (C=O) groups excluding carboxylic acids is 1. The van der Waals surface area contributed by atoms with Gasteiger partial charge in [0, 0.05) is 25.7 Å². The number of carbonyl (C=O) groups is 1. The molecule has 1 amide bonds. The van der Waals surface area contributed by atoms with Crippen molar-refractivity contribution in [1.29, 1.82) is 0 Å². The number of hydrogen-bond acceptors (Lipinski definition) is 4. The van der Waals surface area contributed by atoms with E-state index >= 15 is 0 Å². The van der Waals surface area contributed by atoms with Crippen molar-refractivity contribution in [1.82, 2.24) is 9.80 Å². The summed E-state index contributed by atoms with van der Waals surface area (Å²) in [5.74, 6) is -2.86. The van der Waals surface area contributed by atoms with Crippen molar-refractivity contribution in [2.75, 3.05) is 40.9 Å². The van der Waals surface area contributed by atoms with Crippen molar-refractivity contribution < 1.29 is 23.4 Å². The maximum atomic E-state index is 14.2. The molecule has 1 fully saturated rings. The molecule has 1 heterocycles. The number of halogens is 2. The number of aliphatic hydroxyl groups excluding tert-OH is 1. The third-order valence-corrected chi connectivity index (χ3v) is 4.87. The minimum absolute atomic E-state index is 0.100. The second kappa shape index (κ2) is 8.58. The van der Waals surface area contributed by atoms with E-state index in [1.807, 2.05) is 14.1 Å². The number of benzene rings is 1. The Morgan fingerprint density at radius 2 is 2.08 bits per heavy atom. The molecule has 0 spiro atoms. The van der Waals surface area contributed by atoms with Crippen molar-refractivity contribution in [3.8, 4) is 5.75 Å². The molecule has 140 valence electrons. The maximum absolute atomic E-state index is 14.2. The Bertz CT molecular complexity index is 610. The zero-order chi connectivity index (χ0) is 18.6. The molecule has 0 aliphatic carbocycles. The molecule has 1 aromatic carbocycles. The van der Waals surface area contributed by atoms with Crippen LogP contribution in [0.3, 0.4) is 0 Å². The van der Waals surface area contributed by atoms with Crippen molar-refractivity contribution in [2.45, 2.75) is 25.3 Å². The van der Waals surface area contributed by atoms with E-state index in [9.17, 15) is 13.6 Å². The highest BCUT2D eigenvalue weighted by atomic mass is 19.2. The van der Waals surface area contributed by atoms with Gasteiger partial charge in [-0.3, -0.25) is 4.79 Å². The molecule has 1 saturated heterocycles. The Hall–Kier alpha value is -1.73. The van der Waals surface area contributed by atoms with Crippen LogP contribution in [0.1, 0.15) is 29.6 Å². The summed E-state index contributed by atoms with van der Waals surface area (Å²) >= 11 is 0. The van der Waals surface area contributed by atoms with Gasteiger partial charge in [-0.2, -0.15) is 4.39 Å². The summed E-state index contributed by atoms with van der Waals surface area (Å²) in [6, 6.07) is 2.83. The van der Waals surface area contributed by atoms with Crippen molar-refractivity contribution in [2.24, 2.45) is 5.92 Å². The number of methoxy groups -OCH3 is 1. The number of likely N-dealkylation sites (tertiary alicyclic amines) is 1. The van der Waals surface area contributed by atoms with E-state index < -0.39 is 17.5 Å². The molecule has 0 saturated carbocycles. The molecule has 0 radical (unpaired) electrons. The normalized spacial score (nSPS) is 20.8. The molecular weight excluding hydrogens is 330 g/mol. The van der Waals surface area contributed by atoms with Crippen LogP contribution in [0.25, 0.3) is 0 Å². The SMILES string of the molecule is COc1ccc(C(=O)N2CC[C@@H](N(C)C)[C@@H](CCCO)C2)c(F)c1F. The van der Waals surface area contributed by atoms with Gasteiger partial charge in [0.05, 0.1) is 12.7 Å². The summed E-state index contributed by atoms with van der Waals surface area (Å²) in [4.78, 5) is 16.4. The Labute approximate surface area is 147 Å². The molecule has 25 heavy (non-hydrogen) atoms. The molecular formula is C18H26F2N2O3. The molecule has 0 bridgehead atoms. The Morgan fingerprint density at radius 3 is 2.68 bits per heavy atom. The van der Waals surface area contributed by atoms with Gasteiger partial charge in [-0.25, -0.2) is 4.39 Å². The zero-order valence-corrected chi connectivity index (χ0v) is 15.0. The van der Waals surface area contributed by atoms with Crippen LogP contribution in [0.15, 0.2) is 12.1 Å². The summed E-state index contributed by atoms with van der Waals surface area (Å²) in [5, 5.41) is 9.09. The third kappa shape index (κ3) is 4.27. The third-order valence-electron chi connectivity index (χ3n) is 4.87. The molecule has 1 aliphatic rings. The predicted molar refractivity (Wildman–Crippen MR) is 90.7 cm³/mol. The molecule has 7 heteroatoms. The molecule has 5 nitrogen and oxygen atoms in total. The topological polar surface area (TPSA) is 53.0 Å². The number of rotatable bonds is 6. The molecule has 2 rings (SSSR count). The Balaban J connectivity index is 2.18. The van der Waals surface area contributed by atoms with Gasteiger partial charge in [0.15, 0.2) is 11.6 Å². The second-order valence-corrected chi connectivity index (χ2v) is 6.64. The fourth-order valence-corrected chi connectivity index (χ4v) is 3.55. The van der Waals surface area contributed by atoms with Crippen LogP contribution in [-0.4, -0.2) is 67.8 Å². The zero-order valence-electron chi connectivity index (χ0n) is 15.0. The van der Waals surface area contributed by atoms with Gasteiger partial charge in [-0.1, -0.05) is 0 Å². The van der Waals surface area contributed by atoms with E-state index in [-0.39, 0.29) is 23.8 Å². The molecule has 1 aliphatic heterocycles. The summed E-state index contributed by atoms with van der Waals surface area (Å²) in [6.07, 6.45) is 2.19. The highest BCUT2D eigenvalue weighted by Crippen LogP contribution is 2.28. The minimum Gasteiger partial charge on any atom is -0.494 e. The highest BCUT2D eigenvalue weighted by molar-refractivity contribution is 5.94. The molecule has 1 aromatic rings. The van der Waals surface area contributed by atoms with Gasteiger partial charge in [-0.15, -0.1) is 0 Å². The summed E-state index contributed by atoms with van der Waals surface area (Å²) < 4.78 is 32.9. The van der Waals surface area contributed by atoms with Gasteiger partial charge in [0.25, 0.3) is 5.91 Å². The van der Waals surface area contributed by atoms with Gasteiger partial charge in [-0.05, 0) is 51.4 Å². The van der Waals surface area contributed by atoms with Crippen molar-refractivity contribution >= 4 is 5.91 Å². The number of amides is 1. The Morgan fingerprint density at radius 1 is 1.36 bits per heavy atom. The van der Waals surface area contributed by atoms with Gasteiger partial charge in [0.1, 0.15) is 0 Å². The summed E-state index contributed by atoms with van der Waals surface area (Å²) in [6.45, 7) is 1.06. The summed E-state index contributed by atoms with van der Waals surface area (Å²) in [7, 11) is 5.23. The monoisotopic (exact) mass is 356 g/mol. The number of ether oxygens (including phenoxy) is 1. The number of nitrogens with zero attached hydrogens (tertiary/aromatic N) is 2. The van der Waals surface area contributed by atoms with E-state index in [4.69, 9.17) is 9.84 Å². The number of aliphatic hydroxyl groups is 1. The highest BCUT2D eigenvalue weighted by Gasteiger charge is 2.33. The minimum atomic E-state index is -1.18. The van der Waals surface area contributed by atoms with Crippen LogP contribution >= 0.6 is 0 Å². The predicted octanol–water partition coefficient (Wildman–Crippen LogP) is 2.14. The van der Waals surface area contributed by atoms with Crippen LogP contribution in [0, 0.1) is 17.6 Å². The summed E-state index contributed by atoms with van der Waals surface area (Å²) in [5.41, 5.74) is -0.275. The van der Waals surface area contributed by atoms with Gasteiger partial charge in [0.2, 0.25) is 5.82 Å². The molecule has 1 N–H and O–H groups in total. The van der Waals surface area contributed by atoms with Crippen LogP contribution < -0.4 is 4.74 Å². The first-order valence-corrected chi connectivity index (χ1v) is 8.49. The quantitative estimate of drug-likeness (QED) is 0.849. The van der Waals surface area contributed by atoms with Crippen LogP contribution in [0.4, 0.5) is 8.78 Å².